The lowest BCUT2D eigenvalue weighted by Crippen LogP contribution is -2.46. The van der Waals surface area contributed by atoms with Gasteiger partial charge in [-0.3, -0.25) is 4.79 Å². The van der Waals surface area contributed by atoms with Gasteiger partial charge in [0.05, 0.1) is 5.69 Å². The fraction of sp³-hybridized carbons (Fsp3) is 0.348. The summed E-state index contributed by atoms with van der Waals surface area (Å²) in [5.74, 6) is 0.811. The van der Waals surface area contributed by atoms with E-state index in [9.17, 15) is 4.79 Å². The van der Waals surface area contributed by atoms with Crippen LogP contribution in [0.25, 0.3) is 5.69 Å². The van der Waals surface area contributed by atoms with Gasteiger partial charge in [0.1, 0.15) is 5.82 Å². The summed E-state index contributed by atoms with van der Waals surface area (Å²) < 4.78 is 1.78. The number of aryl methyl sites for hydroxylation is 1. The fourth-order valence-electron chi connectivity index (χ4n) is 3.69. The minimum absolute atomic E-state index is 0.187. The highest BCUT2D eigenvalue weighted by Gasteiger charge is 2.17. The van der Waals surface area contributed by atoms with Crippen LogP contribution in [-0.4, -0.2) is 58.3 Å². The zero-order chi connectivity index (χ0) is 20.9. The Labute approximate surface area is 177 Å². The van der Waals surface area contributed by atoms with Gasteiger partial charge < -0.3 is 15.1 Å². The number of anilines is 1. The van der Waals surface area contributed by atoms with Crippen molar-refractivity contribution >= 4 is 11.7 Å². The number of likely N-dealkylation sites (N-methyl/N-ethyl adjacent to an activating group) is 1. The second kappa shape index (κ2) is 9.09. The highest BCUT2D eigenvalue weighted by Crippen LogP contribution is 2.15. The van der Waals surface area contributed by atoms with Crippen LogP contribution in [0.2, 0.25) is 0 Å². The molecule has 156 valence electrons. The van der Waals surface area contributed by atoms with Crippen LogP contribution in [0.15, 0.2) is 54.7 Å². The number of hydrogen-bond donors (Lipinski definition) is 1. The minimum atomic E-state index is -0.187. The molecule has 3 heterocycles. The van der Waals surface area contributed by atoms with Crippen LogP contribution in [0.5, 0.6) is 0 Å². The van der Waals surface area contributed by atoms with Gasteiger partial charge in [-0.2, -0.15) is 5.10 Å². The summed E-state index contributed by atoms with van der Waals surface area (Å²) in [7, 11) is 0. The van der Waals surface area contributed by atoms with E-state index in [2.05, 4.69) is 32.1 Å². The Kier molecular flexibility index (Phi) is 6.09. The van der Waals surface area contributed by atoms with Crippen LogP contribution >= 0.6 is 0 Å². The molecule has 1 N–H and O–H groups in total. The van der Waals surface area contributed by atoms with Crippen LogP contribution in [0.1, 0.15) is 28.7 Å². The molecule has 7 heteroatoms. The van der Waals surface area contributed by atoms with Gasteiger partial charge in [-0.25, -0.2) is 9.67 Å². The Morgan fingerprint density at radius 2 is 1.83 bits per heavy atom. The van der Waals surface area contributed by atoms with Crippen molar-refractivity contribution in [3.05, 3.63) is 71.7 Å². The lowest BCUT2D eigenvalue weighted by Gasteiger charge is -2.34. The molecule has 0 radical (unpaired) electrons. The van der Waals surface area contributed by atoms with Gasteiger partial charge in [0.25, 0.3) is 5.91 Å². The first-order chi connectivity index (χ1) is 14.6. The minimum Gasteiger partial charge on any atom is -0.354 e. The summed E-state index contributed by atoms with van der Waals surface area (Å²) in [6.07, 6.45) is 1.84. The Balaban J connectivity index is 1.34. The number of hydrogen-bond acceptors (Lipinski definition) is 5. The maximum atomic E-state index is 12.6. The fourth-order valence-corrected chi connectivity index (χ4v) is 3.69. The molecule has 30 heavy (non-hydrogen) atoms. The zero-order valence-corrected chi connectivity index (χ0v) is 17.6. The summed E-state index contributed by atoms with van der Waals surface area (Å²) in [5, 5.41) is 7.40. The molecule has 0 unspecified atom stereocenters. The highest BCUT2D eigenvalue weighted by atomic mass is 16.1. The predicted molar refractivity (Wildman–Crippen MR) is 118 cm³/mol. The molecule has 1 amide bonds. The van der Waals surface area contributed by atoms with Crippen LogP contribution in [0.4, 0.5) is 5.82 Å². The van der Waals surface area contributed by atoms with Crippen molar-refractivity contribution in [3.8, 4) is 5.69 Å². The lowest BCUT2D eigenvalue weighted by atomic mass is 10.2. The largest absolute Gasteiger partial charge is 0.354 e. The molecule has 4 rings (SSSR count). The van der Waals surface area contributed by atoms with E-state index in [0.717, 1.165) is 55.5 Å². The Morgan fingerprint density at radius 3 is 2.50 bits per heavy atom. The van der Waals surface area contributed by atoms with Crippen LogP contribution < -0.4 is 10.2 Å². The lowest BCUT2D eigenvalue weighted by molar-refractivity contribution is 0.0945. The van der Waals surface area contributed by atoms with Crippen molar-refractivity contribution in [2.24, 2.45) is 0 Å². The van der Waals surface area contributed by atoms with E-state index in [1.54, 1.807) is 10.7 Å². The number of para-hydroxylation sites is 1. The van der Waals surface area contributed by atoms with Gasteiger partial charge in [-0.05, 0) is 43.3 Å². The SMILES string of the molecule is CCN1CCN(c2ccc(CNC(=O)c3cc(C)n(-c4ccccc4)n3)cn2)CC1. The third kappa shape index (κ3) is 4.52. The Bertz CT molecular complexity index is 975. The van der Waals surface area contributed by atoms with E-state index in [4.69, 9.17) is 0 Å². The number of piperazine rings is 1. The summed E-state index contributed by atoms with van der Waals surface area (Å²) >= 11 is 0. The van der Waals surface area contributed by atoms with E-state index in [1.807, 2.05) is 55.6 Å². The van der Waals surface area contributed by atoms with Gasteiger partial charge in [0.15, 0.2) is 5.69 Å². The zero-order valence-electron chi connectivity index (χ0n) is 17.6. The number of nitrogens with one attached hydrogen (secondary N) is 1. The molecule has 1 fully saturated rings. The van der Waals surface area contributed by atoms with E-state index in [-0.39, 0.29) is 5.91 Å². The molecule has 0 atom stereocenters. The number of amides is 1. The van der Waals surface area contributed by atoms with Crippen LogP contribution in [0, 0.1) is 6.92 Å². The third-order valence-electron chi connectivity index (χ3n) is 5.53. The van der Waals surface area contributed by atoms with Crippen molar-refractivity contribution in [2.45, 2.75) is 20.4 Å². The van der Waals surface area contributed by atoms with Gasteiger partial charge in [-0.15, -0.1) is 0 Å². The first-order valence-corrected chi connectivity index (χ1v) is 10.5. The molecular formula is C23H28N6O. The molecule has 1 aromatic carbocycles. The first-order valence-electron chi connectivity index (χ1n) is 10.5. The maximum absolute atomic E-state index is 12.6. The van der Waals surface area contributed by atoms with Crippen LogP contribution in [-0.2, 0) is 6.54 Å². The number of nitrogens with zero attached hydrogens (tertiary/aromatic N) is 5. The van der Waals surface area contributed by atoms with Gasteiger partial charge >= 0.3 is 0 Å². The van der Waals surface area contributed by atoms with Crippen molar-refractivity contribution in [3.63, 3.8) is 0 Å². The number of benzene rings is 1. The molecule has 0 aliphatic carbocycles. The number of rotatable bonds is 6. The molecule has 0 bridgehead atoms. The molecule has 1 saturated heterocycles. The Hall–Kier alpha value is -3.19. The molecule has 3 aromatic rings. The average Bonchev–Trinajstić information content (AvgIpc) is 3.20. The molecule has 7 nitrogen and oxygen atoms in total. The number of pyridine rings is 1. The van der Waals surface area contributed by atoms with Crippen LogP contribution in [0.3, 0.4) is 0 Å². The van der Waals surface area contributed by atoms with Gasteiger partial charge in [0.2, 0.25) is 0 Å². The molecule has 1 aliphatic rings. The third-order valence-corrected chi connectivity index (χ3v) is 5.53. The van der Waals surface area contributed by atoms with Crippen molar-refractivity contribution < 1.29 is 4.79 Å². The highest BCUT2D eigenvalue weighted by molar-refractivity contribution is 5.92. The summed E-state index contributed by atoms with van der Waals surface area (Å²) in [6, 6.07) is 15.7. The summed E-state index contributed by atoms with van der Waals surface area (Å²) in [5.41, 5.74) is 3.24. The first kappa shape index (κ1) is 20.1. The number of carbonyl (C=O) groups is 1. The van der Waals surface area contributed by atoms with Gasteiger partial charge in [0, 0.05) is 44.6 Å². The molecule has 1 aliphatic heterocycles. The van der Waals surface area contributed by atoms with E-state index in [1.165, 1.54) is 0 Å². The van der Waals surface area contributed by atoms with Crippen molar-refractivity contribution in [1.29, 1.82) is 0 Å². The number of aromatic nitrogens is 3. The average molecular weight is 405 g/mol. The standard InChI is InChI=1S/C23H28N6O/c1-3-27-11-13-28(14-12-27)22-10-9-19(16-24-22)17-25-23(30)21-15-18(2)29(26-21)20-7-5-4-6-8-20/h4-10,15-16H,3,11-14,17H2,1-2H3,(H,25,30). The molecule has 0 spiro atoms. The van der Waals surface area contributed by atoms with E-state index in [0.29, 0.717) is 12.2 Å². The Morgan fingerprint density at radius 1 is 1.07 bits per heavy atom. The molecular weight excluding hydrogens is 376 g/mol. The van der Waals surface area contributed by atoms with Gasteiger partial charge in [-0.1, -0.05) is 31.2 Å². The second-order valence-electron chi connectivity index (χ2n) is 7.55. The quantitative estimate of drug-likeness (QED) is 0.684. The molecule has 2 aromatic heterocycles. The van der Waals surface area contributed by atoms with E-state index >= 15 is 0 Å². The monoisotopic (exact) mass is 404 g/mol. The normalized spacial score (nSPS) is 14.7. The maximum Gasteiger partial charge on any atom is 0.272 e. The van der Waals surface area contributed by atoms with Crippen molar-refractivity contribution in [2.75, 3.05) is 37.6 Å². The number of carbonyl (C=O) groups excluding carboxylic acids is 1. The summed E-state index contributed by atoms with van der Waals surface area (Å²) in [4.78, 5) is 21.9. The second-order valence-corrected chi connectivity index (χ2v) is 7.55. The summed E-state index contributed by atoms with van der Waals surface area (Å²) in [6.45, 7) is 9.82. The van der Waals surface area contributed by atoms with Crippen molar-refractivity contribution in [1.82, 2.24) is 25.0 Å². The predicted octanol–water partition coefficient (Wildman–Crippen LogP) is 2.65. The topological polar surface area (TPSA) is 66.3 Å². The van der Waals surface area contributed by atoms with E-state index < -0.39 is 0 Å². The smallest absolute Gasteiger partial charge is 0.272 e. The molecule has 0 saturated carbocycles.